The number of rotatable bonds is 9. The minimum absolute atomic E-state index is 0.105. The number of piperazine rings is 1. The van der Waals surface area contributed by atoms with E-state index in [-0.39, 0.29) is 23.9 Å². The van der Waals surface area contributed by atoms with Crippen LogP contribution in [0.4, 0.5) is 11.4 Å². The number of carbonyl (C=O) groups excluding carboxylic acids is 1. The Morgan fingerprint density at radius 2 is 1.46 bits per heavy atom. The van der Waals surface area contributed by atoms with E-state index in [1.165, 1.54) is 4.31 Å². The lowest BCUT2D eigenvalue weighted by Gasteiger charge is -2.35. The number of carbonyl (C=O) groups is 1. The molecule has 4 rings (SSSR count). The summed E-state index contributed by atoms with van der Waals surface area (Å²) in [6.45, 7) is 7.11. The highest BCUT2D eigenvalue weighted by atomic mass is 32.2. The second-order valence-corrected chi connectivity index (χ2v) is 10.5. The van der Waals surface area contributed by atoms with Crippen LogP contribution < -0.4 is 10.2 Å². The lowest BCUT2D eigenvalue weighted by atomic mass is 10.2. The van der Waals surface area contributed by atoms with Crippen molar-refractivity contribution in [2.24, 2.45) is 0 Å². The summed E-state index contributed by atoms with van der Waals surface area (Å²) >= 11 is 0. The second-order valence-electron chi connectivity index (χ2n) is 8.59. The van der Waals surface area contributed by atoms with Crippen LogP contribution in [-0.4, -0.2) is 62.8 Å². The van der Waals surface area contributed by atoms with Gasteiger partial charge in [-0.15, -0.1) is 0 Å². The minimum atomic E-state index is -3.85. The molecule has 184 valence electrons. The van der Waals surface area contributed by atoms with Crippen LogP contribution in [0.3, 0.4) is 0 Å². The summed E-state index contributed by atoms with van der Waals surface area (Å²) in [7, 11) is -3.85. The average molecular weight is 493 g/mol. The number of hydrogen-bond donors (Lipinski definition) is 1. The fourth-order valence-corrected chi connectivity index (χ4v) is 5.60. The molecule has 0 bridgehead atoms. The summed E-state index contributed by atoms with van der Waals surface area (Å²) in [5.74, 6) is -0.384. The van der Waals surface area contributed by atoms with E-state index in [2.05, 4.69) is 22.0 Å². The molecule has 1 saturated heterocycles. The van der Waals surface area contributed by atoms with Gasteiger partial charge in [0.25, 0.3) is 0 Å². The molecule has 0 saturated carbocycles. The van der Waals surface area contributed by atoms with E-state index in [4.69, 9.17) is 0 Å². The molecule has 8 heteroatoms. The first-order valence-electron chi connectivity index (χ1n) is 11.9. The van der Waals surface area contributed by atoms with Gasteiger partial charge in [0.1, 0.15) is 0 Å². The normalized spacial score (nSPS) is 14.7. The molecule has 0 spiro atoms. The monoisotopic (exact) mass is 492 g/mol. The molecule has 3 aromatic carbocycles. The van der Waals surface area contributed by atoms with Crippen LogP contribution in [0, 0.1) is 0 Å². The number of nitrogens with zero attached hydrogens (tertiary/aromatic N) is 3. The van der Waals surface area contributed by atoms with E-state index in [1.807, 2.05) is 54.6 Å². The molecule has 1 amide bonds. The molecule has 0 radical (unpaired) electrons. The van der Waals surface area contributed by atoms with Gasteiger partial charge in [0.05, 0.1) is 11.4 Å². The van der Waals surface area contributed by atoms with Gasteiger partial charge < -0.3 is 15.1 Å². The molecule has 0 unspecified atom stereocenters. The van der Waals surface area contributed by atoms with Gasteiger partial charge in [0.2, 0.25) is 15.9 Å². The largest absolute Gasteiger partial charge is 0.369 e. The highest BCUT2D eigenvalue weighted by Crippen LogP contribution is 2.21. The zero-order chi connectivity index (χ0) is 24.7. The van der Waals surface area contributed by atoms with Gasteiger partial charge in [-0.05, 0) is 48.5 Å². The standard InChI is InChI=1S/C27H32N4O3S/c1-2-29-17-19-30(20-18-29)25-15-13-24(14-16-25)28-27(32)22-31(21-23-9-5-3-6-10-23)35(33,34)26-11-7-4-8-12-26/h3-16H,2,17-22H2,1H3,(H,28,32). The zero-order valence-corrected chi connectivity index (χ0v) is 20.8. The van der Waals surface area contributed by atoms with Crippen LogP contribution in [-0.2, 0) is 21.4 Å². The Morgan fingerprint density at radius 3 is 2.06 bits per heavy atom. The van der Waals surface area contributed by atoms with Crippen molar-refractivity contribution in [1.29, 1.82) is 0 Å². The van der Waals surface area contributed by atoms with Gasteiger partial charge in [0, 0.05) is 44.1 Å². The molecule has 1 fully saturated rings. The lowest BCUT2D eigenvalue weighted by Crippen LogP contribution is -2.46. The topological polar surface area (TPSA) is 73.0 Å². The highest BCUT2D eigenvalue weighted by Gasteiger charge is 2.27. The number of benzene rings is 3. The van der Waals surface area contributed by atoms with Crippen molar-refractivity contribution in [3.63, 3.8) is 0 Å². The molecule has 35 heavy (non-hydrogen) atoms. The fourth-order valence-electron chi connectivity index (χ4n) is 4.19. The average Bonchev–Trinajstić information content (AvgIpc) is 2.90. The number of likely N-dealkylation sites (N-methyl/N-ethyl adjacent to an activating group) is 1. The maximum absolute atomic E-state index is 13.3. The summed E-state index contributed by atoms with van der Waals surface area (Å²) in [5.41, 5.74) is 2.58. The fraction of sp³-hybridized carbons (Fsp3) is 0.296. The van der Waals surface area contributed by atoms with Crippen molar-refractivity contribution in [3.05, 3.63) is 90.5 Å². The molecule has 0 atom stereocenters. The first-order valence-corrected chi connectivity index (χ1v) is 13.4. The number of sulfonamides is 1. The van der Waals surface area contributed by atoms with Crippen LogP contribution in [0.2, 0.25) is 0 Å². The molecule has 0 aliphatic carbocycles. The first-order chi connectivity index (χ1) is 17.0. The van der Waals surface area contributed by atoms with Crippen molar-refractivity contribution in [2.45, 2.75) is 18.4 Å². The minimum Gasteiger partial charge on any atom is -0.369 e. The van der Waals surface area contributed by atoms with Crippen molar-refractivity contribution in [2.75, 3.05) is 49.5 Å². The van der Waals surface area contributed by atoms with Crippen LogP contribution in [0.15, 0.2) is 89.8 Å². The van der Waals surface area contributed by atoms with Crippen molar-refractivity contribution < 1.29 is 13.2 Å². The van der Waals surface area contributed by atoms with E-state index in [0.717, 1.165) is 44.0 Å². The van der Waals surface area contributed by atoms with E-state index in [9.17, 15) is 13.2 Å². The van der Waals surface area contributed by atoms with Crippen LogP contribution in [0.25, 0.3) is 0 Å². The molecule has 1 aliphatic heterocycles. The van der Waals surface area contributed by atoms with E-state index in [1.54, 1.807) is 30.3 Å². The molecule has 1 heterocycles. The van der Waals surface area contributed by atoms with Crippen LogP contribution >= 0.6 is 0 Å². The Labute approximate surface area is 208 Å². The molecular formula is C27H32N4O3S. The molecular weight excluding hydrogens is 460 g/mol. The van der Waals surface area contributed by atoms with E-state index >= 15 is 0 Å². The second kappa shape index (κ2) is 11.5. The van der Waals surface area contributed by atoms with E-state index in [0.29, 0.717) is 5.69 Å². The first kappa shape index (κ1) is 24.9. The molecule has 0 aromatic heterocycles. The summed E-state index contributed by atoms with van der Waals surface area (Å²) < 4.78 is 27.9. The van der Waals surface area contributed by atoms with E-state index < -0.39 is 10.0 Å². The third-order valence-corrected chi connectivity index (χ3v) is 8.04. The SMILES string of the molecule is CCN1CCN(c2ccc(NC(=O)CN(Cc3ccccc3)S(=O)(=O)c3ccccc3)cc2)CC1. The maximum atomic E-state index is 13.3. The van der Waals surface area contributed by atoms with Crippen molar-refractivity contribution >= 4 is 27.3 Å². The lowest BCUT2D eigenvalue weighted by molar-refractivity contribution is -0.116. The van der Waals surface area contributed by atoms with Crippen LogP contribution in [0.5, 0.6) is 0 Å². The highest BCUT2D eigenvalue weighted by molar-refractivity contribution is 7.89. The van der Waals surface area contributed by atoms with Crippen molar-refractivity contribution in [3.8, 4) is 0 Å². The third-order valence-electron chi connectivity index (χ3n) is 6.24. The number of hydrogen-bond acceptors (Lipinski definition) is 5. The van der Waals surface area contributed by atoms with Gasteiger partial charge in [-0.3, -0.25) is 4.79 Å². The predicted octanol–water partition coefficient (Wildman–Crippen LogP) is 3.66. The smallest absolute Gasteiger partial charge is 0.243 e. The molecule has 1 aliphatic rings. The van der Waals surface area contributed by atoms with Gasteiger partial charge in [0.15, 0.2) is 0 Å². The summed E-state index contributed by atoms with van der Waals surface area (Å²) in [4.78, 5) is 17.8. The Bertz CT molecular complexity index is 1190. The summed E-state index contributed by atoms with van der Waals surface area (Å²) in [6, 6.07) is 25.2. The molecule has 3 aromatic rings. The Morgan fingerprint density at radius 1 is 0.857 bits per heavy atom. The third kappa shape index (κ3) is 6.48. The molecule has 7 nitrogen and oxygen atoms in total. The number of nitrogens with one attached hydrogen (secondary N) is 1. The Balaban J connectivity index is 1.44. The maximum Gasteiger partial charge on any atom is 0.243 e. The Kier molecular flexibility index (Phi) is 8.17. The quantitative estimate of drug-likeness (QED) is 0.494. The van der Waals surface area contributed by atoms with Crippen molar-refractivity contribution in [1.82, 2.24) is 9.21 Å². The summed E-state index contributed by atoms with van der Waals surface area (Å²) in [5, 5.41) is 2.86. The number of anilines is 2. The number of amides is 1. The van der Waals surface area contributed by atoms with Crippen LogP contribution in [0.1, 0.15) is 12.5 Å². The zero-order valence-electron chi connectivity index (χ0n) is 20.0. The van der Waals surface area contributed by atoms with Gasteiger partial charge in [-0.2, -0.15) is 4.31 Å². The Hall–Kier alpha value is -3.20. The van der Waals surface area contributed by atoms with Gasteiger partial charge in [-0.25, -0.2) is 8.42 Å². The van der Waals surface area contributed by atoms with Gasteiger partial charge in [-0.1, -0.05) is 55.5 Å². The molecule has 1 N–H and O–H groups in total. The predicted molar refractivity (Wildman–Crippen MR) is 140 cm³/mol. The summed E-state index contributed by atoms with van der Waals surface area (Å²) in [6.07, 6.45) is 0. The van der Waals surface area contributed by atoms with Gasteiger partial charge >= 0.3 is 0 Å².